The van der Waals surface area contributed by atoms with E-state index >= 15 is 0 Å². The Morgan fingerprint density at radius 1 is 0.500 bits per heavy atom. The van der Waals surface area contributed by atoms with Gasteiger partial charge in [0.2, 0.25) is 0 Å². The maximum atomic E-state index is 12.8. The molecule has 0 bridgehead atoms. The summed E-state index contributed by atoms with van der Waals surface area (Å²) in [5.41, 5.74) is 0. The Kier molecular flexibility index (Phi) is 36.4. The molecule has 0 aliphatic heterocycles. The minimum Gasteiger partial charge on any atom is -0.457 e. The van der Waals surface area contributed by atoms with Gasteiger partial charge in [-0.05, 0) is 96.3 Å². The molecule has 6 N–H and O–H groups in total. The van der Waals surface area contributed by atoms with Gasteiger partial charge in [0.1, 0.15) is 42.7 Å². The molecule has 6 unspecified atom stereocenters. The number of hydrogen-bond acceptors (Lipinski definition) is 11. The quantitative estimate of drug-likeness (QED) is 0.0151. The van der Waals surface area contributed by atoms with E-state index in [1.807, 2.05) is 12.2 Å². The first-order chi connectivity index (χ1) is 31.0. The van der Waals surface area contributed by atoms with Crippen LogP contribution in [-0.2, 0) is 27.9 Å². The highest BCUT2D eigenvalue weighted by atomic mass is 31.2. The van der Waals surface area contributed by atoms with Crippen LogP contribution in [0.5, 0.6) is 0 Å². The number of carbonyl (C=O) groups excluding carboxylic acids is 1. The molecular weight excluding hydrogens is 836 g/mol. The molecule has 0 radical (unpaired) electrons. The van der Waals surface area contributed by atoms with Crippen molar-refractivity contribution in [1.82, 2.24) is 0 Å². The summed E-state index contributed by atoms with van der Waals surface area (Å²) in [5.74, 6) is -0.561. The average molecular weight is 915 g/mol. The molecule has 0 aromatic rings. The number of rotatable bonds is 36. The van der Waals surface area contributed by atoms with Crippen LogP contribution in [0.3, 0.4) is 0 Å². The molecule has 1 saturated carbocycles. The molecule has 0 aromatic carbocycles. The summed E-state index contributed by atoms with van der Waals surface area (Å²) in [4.78, 5) is 23.1. The van der Waals surface area contributed by atoms with Gasteiger partial charge in [-0.1, -0.05) is 148 Å². The highest BCUT2D eigenvalue weighted by Crippen LogP contribution is 2.47. The van der Waals surface area contributed by atoms with Crippen LogP contribution in [0.15, 0.2) is 134 Å². The van der Waals surface area contributed by atoms with Gasteiger partial charge in [0.25, 0.3) is 0 Å². The van der Waals surface area contributed by atoms with Crippen molar-refractivity contribution in [3.05, 3.63) is 134 Å². The van der Waals surface area contributed by atoms with Crippen LogP contribution < -0.4 is 0 Å². The van der Waals surface area contributed by atoms with E-state index in [1.165, 1.54) is 0 Å². The molecule has 1 aliphatic rings. The Balaban J connectivity index is 2.51. The predicted molar refractivity (Wildman–Crippen MR) is 257 cm³/mol. The van der Waals surface area contributed by atoms with E-state index in [4.69, 9.17) is 18.5 Å². The third-order valence-corrected chi connectivity index (χ3v) is 10.5. The topological polar surface area (TPSA) is 192 Å². The number of unbranched alkanes of at least 4 members (excludes halogenated alkanes) is 2. The molecule has 1 fully saturated rings. The van der Waals surface area contributed by atoms with E-state index in [-0.39, 0.29) is 13.0 Å². The molecule has 1 rings (SSSR count). The second-order valence-corrected chi connectivity index (χ2v) is 16.5. The highest BCUT2D eigenvalue weighted by Gasteiger charge is 2.51. The number of phosphoric ester groups is 1. The number of aliphatic hydroxyl groups is 5. The van der Waals surface area contributed by atoms with Gasteiger partial charge in [-0.15, -0.1) is 0 Å². The molecule has 0 saturated heterocycles. The van der Waals surface area contributed by atoms with Gasteiger partial charge in [0.15, 0.2) is 0 Å². The summed E-state index contributed by atoms with van der Waals surface area (Å²) >= 11 is 0. The van der Waals surface area contributed by atoms with Gasteiger partial charge in [0, 0.05) is 13.0 Å². The first-order valence-electron chi connectivity index (χ1n) is 23.0. The first kappa shape index (κ1) is 58.5. The lowest BCUT2D eigenvalue weighted by atomic mass is 9.85. The molecule has 13 heteroatoms. The zero-order valence-corrected chi connectivity index (χ0v) is 39.2. The van der Waals surface area contributed by atoms with Crippen LogP contribution in [0.1, 0.15) is 117 Å². The molecule has 0 aromatic heterocycles. The van der Waals surface area contributed by atoms with Crippen molar-refractivity contribution in [1.29, 1.82) is 0 Å². The monoisotopic (exact) mass is 915 g/mol. The third-order valence-electron chi connectivity index (χ3n) is 9.52. The zero-order chi connectivity index (χ0) is 46.9. The second-order valence-electron chi connectivity index (χ2n) is 15.1. The van der Waals surface area contributed by atoms with Crippen molar-refractivity contribution in [2.75, 3.05) is 19.8 Å². The lowest BCUT2D eigenvalue weighted by molar-refractivity contribution is -0.220. The van der Waals surface area contributed by atoms with Crippen LogP contribution in [-0.4, -0.2) is 98.9 Å². The summed E-state index contributed by atoms with van der Waals surface area (Å²) < 4.78 is 34.0. The predicted octanol–water partition coefficient (Wildman–Crippen LogP) is 9.63. The smallest absolute Gasteiger partial charge is 0.457 e. The first-order valence-corrected chi connectivity index (χ1v) is 24.5. The number of phosphoric acid groups is 1. The van der Waals surface area contributed by atoms with Gasteiger partial charge >= 0.3 is 13.8 Å². The minimum atomic E-state index is -5.06. The largest absolute Gasteiger partial charge is 0.472 e. The molecule has 1 aliphatic carbocycles. The lowest BCUT2D eigenvalue weighted by Crippen LogP contribution is -2.64. The van der Waals surface area contributed by atoms with E-state index in [2.05, 4.69) is 135 Å². The second kappa shape index (κ2) is 39.8. The Hall–Kier alpha value is -3.52. The number of ether oxygens (including phenoxy) is 2. The average Bonchev–Trinajstić information content (AvgIpc) is 3.28. The maximum Gasteiger partial charge on any atom is 0.472 e. The zero-order valence-electron chi connectivity index (χ0n) is 38.3. The van der Waals surface area contributed by atoms with E-state index in [0.717, 1.165) is 77.0 Å². The lowest BCUT2D eigenvalue weighted by Gasteiger charge is -2.41. The Labute approximate surface area is 383 Å². The summed E-state index contributed by atoms with van der Waals surface area (Å²) in [6.45, 7) is 3.79. The molecule has 64 heavy (non-hydrogen) atoms. The van der Waals surface area contributed by atoms with Crippen molar-refractivity contribution >= 4 is 13.8 Å². The molecule has 6 atom stereocenters. The van der Waals surface area contributed by atoms with Gasteiger partial charge in [0.05, 0.1) is 13.2 Å². The molecule has 12 nitrogen and oxygen atoms in total. The fraction of sp³-hybridized carbons (Fsp3) is 0.549. The fourth-order valence-corrected chi connectivity index (χ4v) is 6.91. The highest BCUT2D eigenvalue weighted by molar-refractivity contribution is 7.47. The Morgan fingerprint density at radius 3 is 1.23 bits per heavy atom. The van der Waals surface area contributed by atoms with Gasteiger partial charge < -0.3 is 39.9 Å². The fourth-order valence-electron chi connectivity index (χ4n) is 5.93. The summed E-state index contributed by atoms with van der Waals surface area (Å²) in [7, 11) is -5.06. The number of aliphatic hydroxyl groups excluding tert-OH is 5. The molecule has 360 valence electrons. The van der Waals surface area contributed by atoms with Crippen LogP contribution in [0, 0.1) is 0 Å². The van der Waals surface area contributed by atoms with E-state index in [9.17, 15) is 39.8 Å². The number of carbonyl (C=O) groups is 1. The van der Waals surface area contributed by atoms with Crippen molar-refractivity contribution in [3.8, 4) is 0 Å². The Morgan fingerprint density at radius 2 is 0.844 bits per heavy atom. The molecule has 0 heterocycles. The van der Waals surface area contributed by atoms with Crippen LogP contribution >= 0.6 is 7.82 Å². The number of hydrogen-bond donors (Lipinski definition) is 6. The summed E-state index contributed by atoms with van der Waals surface area (Å²) in [6, 6.07) is 0. The van der Waals surface area contributed by atoms with Crippen molar-refractivity contribution < 1.29 is 58.3 Å². The van der Waals surface area contributed by atoms with Crippen LogP contribution in [0.2, 0.25) is 0 Å². The molecule has 0 amide bonds. The third kappa shape index (κ3) is 31.4. The SMILES string of the molecule is CC/C=C\C/C=C\C/C=C\C/C=C\C/C=C\C/C=C\CCCOCC(COP(=O)(O)OC1C(O)C(O)C(O)C(O)C1O)OC(=O)CCC/C=C\C/C=C\C/C=C\C/C=C\C/C=C\CC. The van der Waals surface area contributed by atoms with Crippen molar-refractivity contribution in [2.45, 2.75) is 159 Å². The molecule has 0 spiro atoms. The van der Waals surface area contributed by atoms with Gasteiger partial charge in [-0.25, -0.2) is 4.57 Å². The summed E-state index contributed by atoms with van der Waals surface area (Å²) in [5, 5.41) is 50.2. The van der Waals surface area contributed by atoms with E-state index in [0.29, 0.717) is 25.9 Å². The Bertz CT molecular complexity index is 1560. The minimum absolute atomic E-state index is 0.0827. The number of allylic oxidation sites excluding steroid dienone is 22. The maximum absolute atomic E-state index is 12.8. The van der Waals surface area contributed by atoms with Crippen LogP contribution in [0.4, 0.5) is 0 Å². The molecular formula is C51H79O12P. The van der Waals surface area contributed by atoms with Crippen molar-refractivity contribution in [2.24, 2.45) is 0 Å². The normalized spacial score (nSPS) is 22.9. The summed E-state index contributed by atoms with van der Waals surface area (Å²) in [6.07, 6.45) is 46.8. The number of esters is 1. The van der Waals surface area contributed by atoms with E-state index < -0.39 is 63.1 Å². The van der Waals surface area contributed by atoms with Crippen molar-refractivity contribution in [3.63, 3.8) is 0 Å². The van der Waals surface area contributed by atoms with E-state index in [1.54, 1.807) is 0 Å². The van der Waals surface area contributed by atoms with Crippen LogP contribution in [0.25, 0.3) is 0 Å². The standard InChI is InChI=1S/C51H79O12P/c1-3-5-7-9-11-13-15-17-19-21-22-23-25-27-29-31-33-35-37-39-41-60-42-44(43-61-64(58,59)63-51-49(56)47(54)46(53)48(55)50(51)57)62-45(52)40-38-36-34-32-30-28-26-24-20-18-16-14-12-10-8-6-4-2/h5-8,11-14,17-20,22-23,26-29,32-35,44,46-51,53-57H,3-4,9-10,15-16,21,24-25,30-31,36-43H2,1-2H3,(H,58,59)/b7-5-,8-6-,13-11-,14-12-,19-17-,20-18-,23-22-,28-26-,29-27-,34-32-,35-33-. The van der Waals surface area contributed by atoms with Gasteiger partial charge in [-0.3, -0.25) is 13.8 Å². The van der Waals surface area contributed by atoms with Gasteiger partial charge in [-0.2, -0.15) is 0 Å².